The lowest BCUT2D eigenvalue weighted by atomic mass is 9.86. The van der Waals surface area contributed by atoms with Gasteiger partial charge in [0.1, 0.15) is 0 Å². The first kappa shape index (κ1) is 14.5. The molecular weight excluding hydrogens is 144 g/mol. The fourth-order valence-corrected chi connectivity index (χ4v) is 0.854. The van der Waals surface area contributed by atoms with E-state index in [1.165, 1.54) is 19.3 Å². The SMILES string of the molecule is CC(C)C.CCCC(C)(C)CC. The molecular formula is C12H28. The Bertz CT molecular complexity index is 77.3. The van der Waals surface area contributed by atoms with Crippen LogP contribution in [-0.4, -0.2) is 0 Å². The third kappa shape index (κ3) is 16.5. The summed E-state index contributed by atoms with van der Waals surface area (Å²) in [7, 11) is 0. The summed E-state index contributed by atoms with van der Waals surface area (Å²) in [6.45, 7) is 15.7. The highest BCUT2D eigenvalue weighted by molar-refractivity contribution is 4.63. The molecule has 76 valence electrons. The molecule has 0 aliphatic rings. The second kappa shape index (κ2) is 7.64. The van der Waals surface area contributed by atoms with Crippen LogP contribution in [0.25, 0.3) is 0 Å². The molecule has 0 aromatic heterocycles. The average Bonchev–Trinajstić information content (AvgIpc) is 1.86. The second-order valence-electron chi connectivity index (χ2n) is 5.00. The minimum Gasteiger partial charge on any atom is -0.0654 e. The summed E-state index contributed by atoms with van der Waals surface area (Å²) in [5, 5.41) is 0. The molecule has 0 saturated heterocycles. The molecule has 0 aromatic rings. The number of hydrogen-bond donors (Lipinski definition) is 0. The van der Waals surface area contributed by atoms with Crippen molar-refractivity contribution in [2.24, 2.45) is 11.3 Å². The molecule has 0 saturated carbocycles. The van der Waals surface area contributed by atoms with Crippen LogP contribution in [0, 0.1) is 11.3 Å². The molecule has 0 fully saturated rings. The lowest BCUT2D eigenvalue weighted by molar-refractivity contribution is 0.319. The molecule has 0 aromatic carbocycles. The van der Waals surface area contributed by atoms with E-state index >= 15 is 0 Å². The summed E-state index contributed by atoms with van der Waals surface area (Å²) in [5.41, 5.74) is 0.592. The van der Waals surface area contributed by atoms with Crippen LogP contribution in [0.5, 0.6) is 0 Å². The van der Waals surface area contributed by atoms with Crippen molar-refractivity contribution in [3.8, 4) is 0 Å². The maximum Gasteiger partial charge on any atom is -0.0357 e. The Labute approximate surface area is 79.8 Å². The quantitative estimate of drug-likeness (QED) is 0.569. The van der Waals surface area contributed by atoms with E-state index in [1.54, 1.807) is 0 Å². The van der Waals surface area contributed by atoms with Gasteiger partial charge >= 0.3 is 0 Å². The van der Waals surface area contributed by atoms with Crippen molar-refractivity contribution in [3.63, 3.8) is 0 Å². The van der Waals surface area contributed by atoms with Gasteiger partial charge in [0, 0.05) is 0 Å². The molecule has 0 spiro atoms. The van der Waals surface area contributed by atoms with Crippen molar-refractivity contribution in [1.82, 2.24) is 0 Å². The summed E-state index contributed by atoms with van der Waals surface area (Å²) in [6, 6.07) is 0. The predicted molar refractivity (Wildman–Crippen MR) is 59.5 cm³/mol. The third-order valence-corrected chi connectivity index (χ3v) is 1.88. The second-order valence-corrected chi connectivity index (χ2v) is 5.00. The first-order valence-electron chi connectivity index (χ1n) is 5.35. The molecule has 0 N–H and O–H groups in total. The minimum absolute atomic E-state index is 0.592. The molecule has 12 heavy (non-hydrogen) atoms. The topological polar surface area (TPSA) is 0 Å². The zero-order chi connectivity index (χ0) is 10.2. The number of hydrogen-bond acceptors (Lipinski definition) is 0. The summed E-state index contributed by atoms with van der Waals surface area (Å²) in [6.07, 6.45) is 3.99. The highest BCUT2D eigenvalue weighted by atomic mass is 14.2. The Kier molecular flexibility index (Phi) is 9.24. The zero-order valence-electron chi connectivity index (χ0n) is 10.2. The Morgan fingerprint density at radius 3 is 1.42 bits per heavy atom. The Hall–Kier alpha value is 0. The van der Waals surface area contributed by atoms with E-state index in [0.29, 0.717) is 5.41 Å². The van der Waals surface area contributed by atoms with Gasteiger partial charge in [0.2, 0.25) is 0 Å². The molecule has 0 nitrogen and oxygen atoms in total. The van der Waals surface area contributed by atoms with Gasteiger partial charge < -0.3 is 0 Å². The van der Waals surface area contributed by atoms with Crippen molar-refractivity contribution in [2.75, 3.05) is 0 Å². The lowest BCUT2D eigenvalue weighted by Crippen LogP contribution is -2.07. The summed E-state index contributed by atoms with van der Waals surface area (Å²) in [5.74, 6) is 0.833. The van der Waals surface area contributed by atoms with Crippen LogP contribution >= 0.6 is 0 Å². The number of rotatable bonds is 3. The minimum atomic E-state index is 0.592. The van der Waals surface area contributed by atoms with Crippen LogP contribution in [-0.2, 0) is 0 Å². The summed E-state index contributed by atoms with van der Waals surface area (Å²) in [4.78, 5) is 0. The molecule has 0 atom stereocenters. The van der Waals surface area contributed by atoms with Crippen LogP contribution in [0.3, 0.4) is 0 Å². The molecule has 0 aliphatic carbocycles. The maximum atomic E-state index is 2.33. The maximum absolute atomic E-state index is 2.33. The van der Waals surface area contributed by atoms with Crippen LogP contribution in [0.2, 0.25) is 0 Å². The molecule has 0 radical (unpaired) electrons. The third-order valence-electron chi connectivity index (χ3n) is 1.88. The highest BCUT2D eigenvalue weighted by Crippen LogP contribution is 2.25. The van der Waals surface area contributed by atoms with Crippen LogP contribution in [0.15, 0.2) is 0 Å². The highest BCUT2D eigenvalue weighted by Gasteiger charge is 2.11. The molecule has 0 amide bonds. The fourth-order valence-electron chi connectivity index (χ4n) is 0.854. The normalized spacial score (nSPS) is 11.0. The van der Waals surface area contributed by atoms with Gasteiger partial charge in [-0.15, -0.1) is 0 Å². The van der Waals surface area contributed by atoms with Crippen LogP contribution in [0.4, 0.5) is 0 Å². The summed E-state index contributed by atoms with van der Waals surface area (Å²) < 4.78 is 0. The largest absolute Gasteiger partial charge is 0.0654 e. The monoisotopic (exact) mass is 172 g/mol. The Balaban J connectivity index is 0. The van der Waals surface area contributed by atoms with E-state index in [-0.39, 0.29) is 0 Å². The van der Waals surface area contributed by atoms with Gasteiger partial charge in [0.05, 0.1) is 0 Å². The van der Waals surface area contributed by atoms with Gasteiger partial charge in [0.25, 0.3) is 0 Å². The molecule has 0 unspecified atom stereocenters. The van der Waals surface area contributed by atoms with E-state index in [0.717, 1.165) is 5.92 Å². The van der Waals surface area contributed by atoms with E-state index in [1.807, 2.05) is 0 Å². The van der Waals surface area contributed by atoms with Crippen molar-refractivity contribution < 1.29 is 0 Å². The van der Waals surface area contributed by atoms with Gasteiger partial charge in [0.15, 0.2) is 0 Å². The van der Waals surface area contributed by atoms with Crippen molar-refractivity contribution in [1.29, 1.82) is 0 Å². The Morgan fingerprint density at radius 2 is 1.33 bits per heavy atom. The molecule has 0 rings (SSSR count). The average molecular weight is 172 g/mol. The van der Waals surface area contributed by atoms with Gasteiger partial charge in [-0.05, 0) is 17.8 Å². The van der Waals surface area contributed by atoms with Gasteiger partial charge in [-0.25, -0.2) is 0 Å². The van der Waals surface area contributed by atoms with Crippen LogP contribution in [0.1, 0.15) is 67.7 Å². The molecule has 0 bridgehead atoms. The molecule has 0 heteroatoms. The molecule has 0 heterocycles. The Morgan fingerprint density at radius 1 is 1.00 bits per heavy atom. The first-order chi connectivity index (χ1) is 5.35. The predicted octanol–water partition coefficient (Wildman–Crippen LogP) is 4.89. The van der Waals surface area contributed by atoms with Crippen molar-refractivity contribution in [2.45, 2.75) is 67.7 Å². The zero-order valence-corrected chi connectivity index (χ0v) is 10.2. The van der Waals surface area contributed by atoms with Gasteiger partial charge in [-0.2, -0.15) is 0 Å². The van der Waals surface area contributed by atoms with Gasteiger partial charge in [-0.1, -0.05) is 61.3 Å². The summed E-state index contributed by atoms with van der Waals surface area (Å²) >= 11 is 0. The lowest BCUT2D eigenvalue weighted by Gasteiger charge is -2.20. The fraction of sp³-hybridized carbons (Fsp3) is 1.00. The van der Waals surface area contributed by atoms with E-state index < -0.39 is 0 Å². The van der Waals surface area contributed by atoms with E-state index in [4.69, 9.17) is 0 Å². The standard InChI is InChI=1S/C8H18.C4H10/c1-5-7-8(3,4)6-2;1-4(2)3/h5-7H2,1-4H3;4H,1-3H3. The van der Waals surface area contributed by atoms with Crippen molar-refractivity contribution in [3.05, 3.63) is 0 Å². The van der Waals surface area contributed by atoms with Crippen molar-refractivity contribution >= 4 is 0 Å². The first-order valence-corrected chi connectivity index (χ1v) is 5.35. The smallest absolute Gasteiger partial charge is 0.0357 e. The van der Waals surface area contributed by atoms with E-state index in [2.05, 4.69) is 48.5 Å². The van der Waals surface area contributed by atoms with Gasteiger partial charge in [-0.3, -0.25) is 0 Å². The van der Waals surface area contributed by atoms with Crippen LogP contribution < -0.4 is 0 Å². The van der Waals surface area contributed by atoms with E-state index in [9.17, 15) is 0 Å². The molecule has 0 aliphatic heterocycles.